The van der Waals surface area contributed by atoms with Crippen molar-refractivity contribution < 1.29 is 29.4 Å². The Balaban J connectivity index is 1.32. The predicted octanol–water partition coefficient (Wildman–Crippen LogP) is 0.140. The van der Waals surface area contributed by atoms with Gasteiger partial charge in [0, 0.05) is 57.0 Å². The average Bonchev–Trinajstić information content (AvgIpc) is 3.60. The minimum absolute atomic E-state index is 0.0111. The number of likely N-dealkylation sites (N-methyl/N-ethyl adjacent to an activating group) is 1. The van der Waals surface area contributed by atoms with Crippen molar-refractivity contribution in [2.45, 2.75) is 106 Å². The summed E-state index contributed by atoms with van der Waals surface area (Å²) in [7, 11) is 1.76. The first-order chi connectivity index (χ1) is 20.6. The number of aliphatic hydroxyl groups is 1. The third-order valence-electron chi connectivity index (χ3n) is 10.1. The number of fused-ring (bicyclic) bond motifs is 1. The Labute approximate surface area is 258 Å². The molecule has 3 aliphatic heterocycles. The monoisotopic (exact) mass is 622 g/mol. The van der Waals surface area contributed by atoms with E-state index in [1.807, 2.05) is 6.20 Å². The standard InChI is InChI=1S/C30H47ClN6O6/c1-36(15-17-6-2-4-8-21(17)31)28(40)23(12-18-14-34-22-9-5-3-7-20(18)22)35-27(39)24-13-19(38)16-37(24)29(41)25-26(30(42)43)33-11-10-32-25/h14,17,19-26,32-34,38H,2-13,15-16H2,1H3,(H,35,39)(H,42,43)/t17?,19-,20?,21?,22?,23?,24?,25?,26?/m1/s1. The summed E-state index contributed by atoms with van der Waals surface area (Å²) in [4.78, 5) is 56.1. The number of nitrogens with one attached hydrogen (secondary N) is 4. The van der Waals surface area contributed by atoms with Crippen LogP contribution in [-0.2, 0) is 19.2 Å². The Morgan fingerprint density at radius 2 is 1.77 bits per heavy atom. The zero-order valence-corrected chi connectivity index (χ0v) is 25.7. The number of carbonyl (C=O) groups excluding carboxylic acids is 3. The number of amides is 3. The van der Waals surface area contributed by atoms with Crippen LogP contribution in [0.15, 0.2) is 11.8 Å². The lowest BCUT2D eigenvalue weighted by molar-refractivity contribution is -0.148. The van der Waals surface area contributed by atoms with Crippen molar-refractivity contribution >= 4 is 35.3 Å². The molecule has 8 unspecified atom stereocenters. The molecule has 3 amide bonds. The Hall–Kier alpha value is -2.41. The number of hydrogen-bond donors (Lipinski definition) is 6. The fourth-order valence-corrected chi connectivity index (χ4v) is 8.08. The zero-order chi connectivity index (χ0) is 30.7. The molecular weight excluding hydrogens is 576 g/mol. The number of likely N-dealkylation sites (tertiary alicyclic amines) is 1. The van der Waals surface area contributed by atoms with Crippen LogP contribution in [0.2, 0.25) is 0 Å². The van der Waals surface area contributed by atoms with Gasteiger partial charge < -0.3 is 41.3 Å². The molecular formula is C30H47ClN6O6. The number of alkyl halides is 1. The SMILES string of the molecule is CN(CC1CCCCC1Cl)C(=O)C(CC1=CNC2CCCCC12)NC(=O)C1C[C@@H](O)CN1C(=O)C1NCCNC1C(=O)O. The van der Waals surface area contributed by atoms with Gasteiger partial charge in [-0.2, -0.15) is 0 Å². The number of carboxylic acids is 1. The molecule has 2 saturated heterocycles. The molecule has 0 bridgehead atoms. The molecule has 9 atom stereocenters. The first-order valence-corrected chi connectivity index (χ1v) is 16.4. The summed E-state index contributed by atoms with van der Waals surface area (Å²) in [5, 5.41) is 32.4. The summed E-state index contributed by atoms with van der Waals surface area (Å²) in [5.74, 6) is -1.95. The topological polar surface area (TPSA) is 163 Å². The maximum Gasteiger partial charge on any atom is 0.322 e. The lowest BCUT2D eigenvalue weighted by Gasteiger charge is -2.35. The average molecular weight is 623 g/mol. The molecule has 0 radical (unpaired) electrons. The molecule has 2 aliphatic carbocycles. The van der Waals surface area contributed by atoms with Crippen molar-refractivity contribution in [3.8, 4) is 0 Å². The Kier molecular flexibility index (Phi) is 10.5. The van der Waals surface area contributed by atoms with Gasteiger partial charge in [0.1, 0.15) is 24.2 Å². The lowest BCUT2D eigenvalue weighted by Crippen LogP contribution is -2.66. The fourth-order valence-electron chi connectivity index (χ4n) is 7.72. The Morgan fingerprint density at radius 1 is 1.07 bits per heavy atom. The van der Waals surface area contributed by atoms with Gasteiger partial charge in [-0.05, 0) is 49.8 Å². The molecule has 0 aromatic rings. The van der Waals surface area contributed by atoms with Gasteiger partial charge in [-0.1, -0.05) is 25.7 Å². The molecule has 12 nitrogen and oxygen atoms in total. The number of rotatable bonds is 9. The van der Waals surface area contributed by atoms with E-state index < -0.39 is 48.1 Å². The highest BCUT2D eigenvalue weighted by atomic mass is 35.5. The minimum Gasteiger partial charge on any atom is -0.480 e. The molecule has 2 saturated carbocycles. The number of aliphatic carboxylic acids is 1. The molecule has 0 aromatic heterocycles. The third-order valence-corrected chi connectivity index (χ3v) is 10.6. The molecule has 0 aromatic carbocycles. The van der Waals surface area contributed by atoms with Gasteiger partial charge >= 0.3 is 5.97 Å². The van der Waals surface area contributed by atoms with E-state index in [0.717, 1.165) is 50.5 Å². The number of carboxylic acid groups (broad SMARTS) is 1. The lowest BCUT2D eigenvalue weighted by atomic mass is 9.80. The van der Waals surface area contributed by atoms with E-state index in [0.29, 0.717) is 38.0 Å². The van der Waals surface area contributed by atoms with E-state index >= 15 is 0 Å². The van der Waals surface area contributed by atoms with E-state index in [9.17, 15) is 29.4 Å². The highest BCUT2D eigenvalue weighted by molar-refractivity contribution is 6.20. The normalized spacial score (nSPS) is 34.9. The van der Waals surface area contributed by atoms with Gasteiger partial charge in [0.2, 0.25) is 17.7 Å². The highest BCUT2D eigenvalue weighted by Gasteiger charge is 2.46. The first kappa shape index (κ1) is 32.0. The number of piperazine rings is 1. The molecule has 240 valence electrons. The summed E-state index contributed by atoms with van der Waals surface area (Å²) >= 11 is 6.62. The van der Waals surface area contributed by atoms with Crippen LogP contribution in [0.5, 0.6) is 0 Å². The maximum absolute atomic E-state index is 14.0. The Bertz CT molecular complexity index is 1090. The summed E-state index contributed by atoms with van der Waals surface area (Å²) in [6, 6.07) is -3.75. The molecule has 43 heavy (non-hydrogen) atoms. The Morgan fingerprint density at radius 3 is 2.51 bits per heavy atom. The van der Waals surface area contributed by atoms with Crippen molar-refractivity contribution in [2.75, 3.05) is 33.2 Å². The smallest absolute Gasteiger partial charge is 0.322 e. The predicted molar refractivity (Wildman–Crippen MR) is 160 cm³/mol. The quantitative estimate of drug-likeness (QED) is 0.196. The molecule has 3 heterocycles. The van der Waals surface area contributed by atoms with Crippen molar-refractivity contribution in [3.63, 3.8) is 0 Å². The van der Waals surface area contributed by atoms with E-state index in [2.05, 4.69) is 21.3 Å². The highest BCUT2D eigenvalue weighted by Crippen LogP contribution is 2.36. The second kappa shape index (κ2) is 14.1. The van der Waals surface area contributed by atoms with Gasteiger partial charge in [0.15, 0.2) is 0 Å². The summed E-state index contributed by atoms with van der Waals surface area (Å²) in [6.07, 6.45) is 9.90. The van der Waals surface area contributed by atoms with Crippen LogP contribution in [-0.4, -0.2) is 119 Å². The van der Waals surface area contributed by atoms with Gasteiger partial charge in [-0.15, -0.1) is 11.6 Å². The van der Waals surface area contributed by atoms with E-state index in [4.69, 9.17) is 11.6 Å². The second-order valence-electron chi connectivity index (χ2n) is 13.0. The van der Waals surface area contributed by atoms with Crippen LogP contribution in [0, 0.1) is 11.8 Å². The van der Waals surface area contributed by atoms with Crippen LogP contribution < -0.4 is 21.3 Å². The summed E-state index contributed by atoms with van der Waals surface area (Å²) in [6.45, 7) is 1.21. The third kappa shape index (κ3) is 7.29. The molecule has 5 aliphatic rings. The number of β-amino-alcohol motifs (C(OH)–C–C–N with tert-alkyl or cyclic N) is 1. The van der Waals surface area contributed by atoms with Gasteiger partial charge in [-0.3, -0.25) is 19.2 Å². The van der Waals surface area contributed by atoms with Crippen molar-refractivity contribution in [1.29, 1.82) is 0 Å². The van der Waals surface area contributed by atoms with E-state index in [-0.39, 0.29) is 30.2 Å². The first-order valence-electron chi connectivity index (χ1n) is 16.0. The number of halogens is 1. The second-order valence-corrected chi connectivity index (χ2v) is 13.6. The van der Waals surface area contributed by atoms with Crippen LogP contribution in [0.4, 0.5) is 0 Å². The largest absolute Gasteiger partial charge is 0.480 e. The molecule has 4 fully saturated rings. The van der Waals surface area contributed by atoms with E-state index in [1.54, 1.807) is 11.9 Å². The number of aliphatic hydroxyl groups excluding tert-OH is 1. The van der Waals surface area contributed by atoms with Crippen LogP contribution in [0.3, 0.4) is 0 Å². The molecule has 0 spiro atoms. The van der Waals surface area contributed by atoms with Crippen molar-refractivity contribution in [3.05, 3.63) is 11.8 Å². The van der Waals surface area contributed by atoms with E-state index in [1.165, 1.54) is 11.3 Å². The summed E-state index contributed by atoms with van der Waals surface area (Å²) < 4.78 is 0. The van der Waals surface area contributed by atoms with Gasteiger partial charge in [0.05, 0.1) is 6.10 Å². The molecule has 6 N–H and O–H groups in total. The van der Waals surface area contributed by atoms with Gasteiger partial charge in [-0.25, -0.2) is 0 Å². The molecule has 5 rings (SSSR count). The minimum atomic E-state index is -1.17. The summed E-state index contributed by atoms with van der Waals surface area (Å²) in [5.41, 5.74) is 1.12. The fraction of sp³-hybridized carbons (Fsp3) is 0.800. The number of hydrogen-bond acceptors (Lipinski definition) is 8. The zero-order valence-electron chi connectivity index (χ0n) is 25.0. The van der Waals surface area contributed by atoms with Crippen LogP contribution >= 0.6 is 11.6 Å². The van der Waals surface area contributed by atoms with Gasteiger partial charge in [0.25, 0.3) is 0 Å². The van der Waals surface area contributed by atoms with Crippen LogP contribution in [0.25, 0.3) is 0 Å². The molecule has 13 heteroatoms. The number of nitrogens with zero attached hydrogens (tertiary/aromatic N) is 2. The van der Waals surface area contributed by atoms with Crippen LogP contribution in [0.1, 0.15) is 64.2 Å². The van der Waals surface area contributed by atoms with Crippen molar-refractivity contribution in [2.24, 2.45) is 11.8 Å². The number of carbonyl (C=O) groups is 4. The maximum atomic E-state index is 14.0. The van der Waals surface area contributed by atoms with Crippen molar-refractivity contribution in [1.82, 2.24) is 31.1 Å².